The summed E-state index contributed by atoms with van der Waals surface area (Å²) in [6.45, 7) is 7.55. The van der Waals surface area contributed by atoms with Crippen LogP contribution in [0.2, 0.25) is 0 Å². The average molecular weight is 424 g/mol. The lowest BCUT2D eigenvalue weighted by atomic mass is 10.3. The van der Waals surface area contributed by atoms with Crippen LogP contribution >= 0.6 is 11.6 Å². The molecule has 0 atom stereocenters. The van der Waals surface area contributed by atoms with Crippen molar-refractivity contribution in [2.24, 2.45) is 0 Å². The number of aliphatic hydroxyl groups is 2. The summed E-state index contributed by atoms with van der Waals surface area (Å²) in [5.41, 5.74) is 0.000224. The zero-order valence-electron chi connectivity index (χ0n) is 16.3. The van der Waals surface area contributed by atoms with Crippen LogP contribution in [0.4, 0.5) is 5.69 Å². The van der Waals surface area contributed by atoms with Gasteiger partial charge in [0.05, 0.1) is 30.8 Å². The molecule has 0 spiro atoms. The smallest absolute Gasteiger partial charge is 0.273 e. The monoisotopic (exact) mass is 423 g/mol. The molecule has 0 saturated carbocycles. The molecule has 0 aliphatic rings. The van der Waals surface area contributed by atoms with E-state index in [1.54, 1.807) is 39.8 Å². The molecule has 0 bridgehead atoms. The minimum Gasteiger partial charge on any atom is -0.493 e. The van der Waals surface area contributed by atoms with Gasteiger partial charge in [-0.15, -0.1) is 11.6 Å². The van der Waals surface area contributed by atoms with E-state index < -0.39 is 16.5 Å². The van der Waals surface area contributed by atoms with Crippen molar-refractivity contribution in [1.82, 2.24) is 0 Å². The number of alkyl halides is 1. The summed E-state index contributed by atoms with van der Waals surface area (Å²) in [6.07, 6.45) is 1.37. The number of non-ortho nitro benzene ring substituents is 1. The maximum atomic E-state index is 10.5. The Morgan fingerprint density at radius 1 is 1.04 bits per heavy atom. The largest absolute Gasteiger partial charge is 0.493 e. The first kappa shape index (κ1) is 28.8. The molecule has 1 aromatic carbocycles. The first-order valence-corrected chi connectivity index (χ1v) is 9.14. The lowest BCUT2D eigenvalue weighted by molar-refractivity contribution is -0.384. The lowest BCUT2D eigenvalue weighted by Crippen LogP contribution is -2.24. The van der Waals surface area contributed by atoms with Crippen LogP contribution in [0.5, 0.6) is 5.75 Å². The molecule has 8 nitrogen and oxygen atoms in total. The third-order valence-electron chi connectivity index (χ3n) is 2.77. The molecule has 164 valence electrons. The third kappa shape index (κ3) is 17.9. The van der Waals surface area contributed by atoms with Gasteiger partial charge in [-0.25, -0.2) is 0 Å². The second-order valence-corrected chi connectivity index (χ2v) is 6.97. The molecule has 2 N–H and O–H groups in total. The van der Waals surface area contributed by atoms with Gasteiger partial charge in [0, 0.05) is 18.4 Å². The van der Waals surface area contributed by atoms with Crippen molar-refractivity contribution in [3.63, 3.8) is 0 Å². The number of hydrogen-bond donors (Lipinski definition) is 2. The summed E-state index contributed by atoms with van der Waals surface area (Å²) < 4.78 is 15.4. The van der Waals surface area contributed by atoms with E-state index >= 15 is 0 Å². The van der Waals surface area contributed by atoms with Crippen LogP contribution in [0, 0.1) is 10.1 Å². The predicted octanol–water partition coefficient (Wildman–Crippen LogP) is 4.11. The quantitative estimate of drug-likeness (QED) is 0.181. The Kier molecular flexibility index (Phi) is 14.9. The second-order valence-electron chi connectivity index (χ2n) is 6.59. The van der Waals surface area contributed by atoms with E-state index in [1.807, 2.05) is 0 Å². The molecule has 0 aliphatic carbocycles. The Morgan fingerprint density at radius 3 is 2.04 bits per heavy atom. The van der Waals surface area contributed by atoms with Crippen LogP contribution in [0.1, 0.15) is 48.0 Å². The molecule has 28 heavy (non-hydrogen) atoms. The van der Waals surface area contributed by atoms with Gasteiger partial charge in [0.15, 0.2) is 11.6 Å². The van der Waals surface area contributed by atoms with Crippen LogP contribution in [0.25, 0.3) is 0 Å². The number of nitro benzene ring substituents is 1. The van der Waals surface area contributed by atoms with Crippen molar-refractivity contribution < 1.29 is 29.3 Å². The van der Waals surface area contributed by atoms with E-state index in [0.29, 0.717) is 37.9 Å². The summed E-state index contributed by atoms with van der Waals surface area (Å²) in [6, 6.07) is 6.01. The summed E-state index contributed by atoms with van der Waals surface area (Å²) in [4.78, 5) is 10.1. The normalized spacial score (nSPS) is 11.1. The lowest BCUT2D eigenvalue weighted by Gasteiger charge is -2.17. The topological polar surface area (TPSA) is 111 Å². The number of hydrogen-bond acceptors (Lipinski definition) is 7. The molecule has 0 aromatic heterocycles. The van der Waals surface area contributed by atoms with E-state index in [0.717, 1.165) is 6.42 Å². The molecule has 0 radical (unpaired) electrons. The second kappa shape index (κ2) is 14.5. The van der Waals surface area contributed by atoms with Crippen LogP contribution in [0.3, 0.4) is 0 Å². The summed E-state index contributed by atoms with van der Waals surface area (Å²) in [7, 11) is 0. The molecular weight excluding hydrogens is 390 g/mol. The molecule has 0 aliphatic heterocycles. The van der Waals surface area contributed by atoms with E-state index in [-0.39, 0.29) is 13.1 Å². The van der Waals surface area contributed by atoms with Gasteiger partial charge in [-0.3, -0.25) is 10.1 Å². The van der Waals surface area contributed by atoms with Gasteiger partial charge in [-0.05, 0) is 40.2 Å². The van der Waals surface area contributed by atoms with Crippen molar-refractivity contribution in [3.8, 4) is 5.75 Å². The van der Waals surface area contributed by atoms with Gasteiger partial charge in [-0.1, -0.05) is 13.5 Å². The maximum absolute atomic E-state index is 10.5. The number of benzene rings is 1. The fourth-order valence-corrected chi connectivity index (χ4v) is 1.74. The first-order chi connectivity index (χ1) is 12.4. The van der Waals surface area contributed by atoms with Gasteiger partial charge >= 0.3 is 0 Å². The summed E-state index contributed by atoms with van der Waals surface area (Å²) in [5.74, 6) is -1.12. The minimum atomic E-state index is -1.15. The standard InChI is InChI=1S/C12H17NO5.C6H13ClO2.CH4/c1-12(2,14)18-8-4-7-17-11-6-3-5-10(9-11)13(15)16;1-6(2,8)9-5-3-4-7;/h3,5-6,9,14H,4,7-8H2,1-2H3;8H,3-5H2,1-2H3;1H4. The van der Waals surface area contributed by atoms with Gasteiger partial charge < -0.3 is 24.4 Å². The SMILES string of the molecule is C.CC(C)(O)OCCCCl.CC(C)(O)OCCCOc1cccc([N+](=O)[O-])c1. The number of ether oxygens (including phenoxy) is 3. The molecular formula is C19H34ClNO7. The molecule has 0 heterocycles. The number of rotatable bonds is 11. The van der Waals surface area contributed by atoms with Crippen LogP contribution < -0.4 is 4.74 Å². The van der Waals surface area contributed by atoms with Crippen molar-refractivity contribution in [3.05, 3.63) is 34.4 Å². The highest BCUT2D eigenvalue weighted by atomic mass is 35.5. The zero-order valence-corrected chi connectivity index (χ0v) is 17.1. The summed E-state index contributed by atoms with van der Waals surface area (Å²) >= 11 is 5.37. The highest BCUT2D eigenvalue weighted by Gasteiger charge is 2.12. The Balaban J connectivity index is 0. The predicted molar refractivity (Wildman–Crippen MR) is 110 cm³/mol. The van der Waals surface area contributed by atoms with Gasteiger partial charge in [-0.2, -0.15) is 0 Å². The first-order valence-electron chi connectivity index (χ1n) is 8.60. The minimum absolute atomic E-state index is 0. The van der Waals surface area contributed by atoms with Gasteiger partial charge in [0.2, 0.25) is 0 Å². The molecule has 9 heteroatoms. The van der Waals surface area contributed by atoms with E-state index in [2.05, 4.69) is 0 Å². The Hall–Kier alpha value is -1.45. The van der Waals surface area contributed by atoms with Crippen LogP contribution in [-0.4, -0.2) is 52.4 Å². The summed E-state index contributed by atoms with van der Waals surface area (Å²) in [5, 5.41) is 28.8. The van der Waals surface area contributed by atoms with Crippen LogP contribution in [-0.2, 0) is 9.47 Å². The van der Waals surface area contributed by atoms with E-state index in [9.17, 15) is 15.2 Å². The number of nitro groups is 1. The zero-order chi connectivity index (χ0) is 20.9. The fourth-order valence-electron chi connectivity index (χ4n) is 1.63. The number of halogens is 1. The van der Waals surface area contributed by atoms with Crippen molar-refractivity contribution in [2.75, 3.05) is 25.7 Å². The third-order valence-corrected chi connectivity index (χ3v) is 3.04. The molecule has 0 fully saturated rings. The van der Waals surface area contributed by atoms with Crippen molar-refractivity contribution in [1.29, 1.82) is 0 Å². The fraction of sp³-hybridized carbons (Fsp3) is 0.684. The molecule has 0 unspecified atom stereocenters. The molecule has 0 amide bonds. The van der Waals surface area contributed by atoms with Gasteiger partial charge in [0.25, 0.3) is 5.69 Å². The van der Waals surface area contributed by atoms with E-state index in [4.69, 9.17) is 30.9 Å². The van der Waals surface area contributed by atoms with Crippen LogP contribution in [0.15, 0.2) is 24.3 Å². The highest BCUT2D eigenvalue weighted by Crippen LogP contribution is 2.19. The Labute approximate surface area is 172 Å². The Morgan fingerprint density at radius 2 is 1.57 bits per heavy atom. The van der Waals surface area contributed by atoms with E-state index in [1.165, 1.54) is 12.1 Å². The van der Waals surface area contributed by atoms with Crippen molar-refractivity contribution in [2.45, 2.75) is 59.5 Å². The molecule has 0 saturated heterocycles. The van der Waals surface area contributed by atoms with Crippen molar-refractivity contribution >= 4 is 17.3 Å². The average Bonchev–Trinajstić information content (AvgIpc) is 2.53. The molecule has 1 rings (SSSR count). The van der Waals surface area contributed by atoms with Gasteiger partial charge in [0.1, 0.15) is 5.75 Å². The maximum Gasteiger partial charge on any atom is 0.273 e. The number of nitrogens with zero attached hydrogens (tertiary/aromatic N) is 1. The molecule has 1 aromatic rings. The Bertz CT molecular complexity index is 542. The highest BCUT2D eigenvalue weighted by molar-refractivity contribution is 6.17.